The molecule has 0 aromatic heterocycles. The molecule has 114 valence electrons. The Bertz CT molecular complexity index is 537. The largest absolute Gasteiger partial charge is 0.490 e. The summed E-state index contributed by atoms with van der Waals surface area (Å²) in [6, 6.07) is 3.10. The summed E-state index contributed by atoms with van der Waals surface area (Å²) in [4.78, 5) is 0. The molecule has 1 unspecified atom stereocenters. The van der Waals surface area contributed by atoms with Gasteiger partial charge in [-0.3, -0.25) is 0 Å². The number of benzene rings is 1. The van der Waals surface area contributed by atoms with Crippen LogP contribution >= 0.6 is 45.5 Å². The van der Waals surface area contributed by atoms with Gasteiger partial charge in [-0.2, -0.15) is 0 Å². The molecule has 0 saturated heterocycles. The van der Waals surface area contributed by atoms with Crippen molar-refractivity contribution in [1.29, 1.82) is 0 Å². The van der Waals surface area contributed by atoms with Crippen molar-refractivity contribution in [3.8, 4) is 5.75 Å². The Hall–Kier alpha value is 0.130. The van der Waals surface area contributed by atoms with Gasteiger partial charge in [0.15, 0.2) is 5.75 Å². The number of ether oxygens (including phenoxy) is 1. The lowest BCUT2D eigenvalue weighted by Crippen LogP contribution is -2.08. The minimum atomic E-state index is -3.44. The third-order valence-corrected chi connectivity index (χ3v) is 4.64. The SMILES string of the molecule is CC(CCOc1c(Cl)cc(Cl)cc1Cl)CCS(=O)(=O)Cl. The van der Waals surface area contributed by atoms with Gasteiger partial charge < -0.3 is 4.74 Å². The topological polar surface area (TPSA) is 43.4 Å². The Morgan fingerprint density at radius 3 is 2.20 bits per heavy atom. The van der Waals surface area contributed by atoms with E-state index in [1.54, 1.807) is 12.1 Å². The highest BCUT2D eigenvalue weighted by molar-refractivity contribution is 8.13. The van der Waals surface area contributed by atoms with Crippen LogP contribution in [0.2, 0.25) is 15.1 Å². The molecular formula is C12H14Cl4O3S. The van der Waals surface area contributed by atoms with Crippen molar-refractivity contribution in [2.24, 2.45) is 5.92 Å². The zero-order valence-electron chi connectivity index (χ0n) is 10.7. The maximum Gasteiger partial charge on any atom is 0.232 e. The van der Waals surface area contributed by atoms with Crippen LogP contribution in [0, 0.1) is 5.92 Å². The summed E-state index contributed by atoms with van der Waals surface area (Å²) in [5.74, 6) is 0.501. The smallest absolute Gasteiger partial charge is 0.232 e. The summed E-state index contributed by atoms with van der Waals surface area (Å²) in [6.07, 6.45) is 1.15. The van der Waals surface area contributed by atoms with Crippen LogP contribution in [0.1, 0.15) is 19.8 Å². The van der Waals surface area contributed by atoms with Crippen molar-refractivity contribution in [3.05, 3.63) is 27.2 Å². The Kier molecular flexibility index (Phi) is 7.22. The average molecular weight is 380 g/mol. The van der Waals surface area contributed by atoms with E-state index in [4.69, 9.17) is 50.2 Å². The van der Waals surface area contributed by atoms with Crippen molar-refractivity contribution in [3.63, 3.8) is 0 Å². The Morgan fingerprint density at radius 1 is 1.15 bits per heavy atom. The first-order valence-corrected chi connectivity index (χ1v) is 9.50. The number of halogens is 4. The van der Waals surface area contributed by atoms with E-state index in [1.165, 1.54) is 0 Å². The van der Waals surface area contributed by atoms with Gasteiger partial charge in [0.05, 0.1) is 22.4 Å². The first-order chi connectivity index (χ1) is 9.19. The predicted molar refractivity (Wildman–Crippen MR) is 85.0 cm³/mol. The van der Waals surface area contributed by atoms with E-state index < -0.39 is 9.05 Å². The lowest BCUT2D eigenvalue weighted by Gasteiger charge is -2.13. The molecule has 0 bridgehead atoms. The Labute approximate surface area is 138 Å². The van der Waals surface area contributed by atoms with Crippen LogP contribution in [0.25, 0.3) is 0 Å². The molecule has 0 heterocycles. The fraction of sp³-hybridized carbons (Fsp3) is 0.500. The summed E-state index contributed by atoms with van der Waals surface area (Å²) in [7, 11) is 1.72. The predicted octanol–water partition coefficient (Wildman–Crippen LogP) is 5.01. The van der Waals surface area contributed by atoms with E-state index in [2.05, 4.69) is 0 Å². The second-order valence-corrected chi connectivity index (χ2v) is 8.62. The van der Waals surface area contributed by atoms with E-state index in [0.717, 1.165) is 0 Å². The summed E-state index contributed by atoms with van der Waals surface area (Å²) in [5, 5.41) is 1.13. The summed E-state index contributed by atoms with van der Waals surface area (Å²) >= 11 is 17.8. The average Bonchev–Trinajstić information content (AvgIpc) is 2.29. The van der Waals surface area contributed by atoms with Crippen molar-refractivity contribution >= 4 is 54.5 Å². The van der Waals surface area contributed by atoms with Crippen molar-refractivity contribution in [1.82, 2.24) is 0 Å². The molecule has 20 heavy (non-hydrogen) atoms. The molecule has 0 aliphatic rings. The normalized spacial score (nSPS) is 13.2. The van der Waals surface area contributed by atoms with Crippen LogP contribution in [0.4, 0.5) is 0 Å². The zero-order chi connectivity index (χ0) is 15.3. The molecule has 3 nitrogen and oxygen atoms in total. The highest BCUT2D eigenvalue weighted by atomic mass is 35.7. The summed E-state index contributed by atoms with van der Waals surface area (Å²) in [6.45, 7) is 2.31. The van der Waals surface area contributed by atoms with E-state index in [1.807, 2.05) is 6.92 Å². The van der Waals surface area contributed by atoms with Gasteiger partial charge in [0, 0.05) is 15.7 Å². The molecule has 0 spiro atoms. The molecule has 0 aliphatic carbocycles. The molecule has 1 aromatic rings. The van der Waals surface area contributed by atoms with Crippen LogP contribution in [0.3, 0.4) is 0 Å². The van der Waals surface area contributed by atoms with Gasteiger partial charge in [0.1, 0.15) is 0 Å². The zero-order valence-corrected chi connectivity index (χ0v) is 14.5. The minimum Gasteiger partial charge on any atom is -0.490 e. The first-order valence-electron chi connectivity index (χ1n) is 5.88. The standard InChI is InChI=1S/C12H14Cl4O3S/c1-8(3-5-20(16,17)18)2-4-19-12-10(14)6-9(13)7-11(12)15/h6-8H,2-5H2,1H3. The van der Waals surface area contributed by atoms with E-state index in [-0.39, 0.29) is 11.7 Å². The lowest BCUT2D eigenvalue weighted by atomic mass is 10.1. The van der Waals surface area contributed by atoms with Crippen LogP contribution in [0.5, 0.6) is 5.75 Å². The third-order valence-electron chi connectivity index (χ3n) is 2.67. The van der Waals surface area contributed by atoms with Gasteiger partial charge in [0.25, 0.3) is 0 Å². The number of hydrogen-bond donors (Lipinski definition) is 0. The second kappa shape index (κ2) is 7.95. The van der Waals surface area contributed by atoms with Gasteiger partial charge in [0.2, 0.25) is 9.05 Å². The van der Waals surface area contributed by atoms with Gasteiger partial charge in [-0.25, -0.2) is 8.42 Å². The number of rotatable bonds is 7. The molecule has 0 fully saturated rings. The van der Waals surface area contributed by atoms with Gasteiger partial charge in [-0.1, -0.05) is 41.7 Å². The fourth-order valence-corrected chi connectivity index (χ4v) is 3.39. The lowest BCUT2D eigenvalue weighted by molar-refractivity contribution is 0.282. The molecule has 0 saturated carbocycles. The molecule has 8 heteroatoms. The minimum absolute atomic E-state index is 0.0435. The van der Waals surface area contributed by atoms with Crippen molar-refractivity contribution in [2.45, 2.75) is 19.8 Å². The molecule has 1 aromatic carbocycles. The fourth-order valence-electron chi connectivity index (χ4n) is 1.52. The second-order valence-electron chi connectivity index (χ2n) is 4.47. The molecule has 0 amide bonds. The summed E-state index contributed by atoms with van der Waals surface area (Å²) in [5.41, 5.74) is 0. The van der Waals surface area contributed by atoms with E-state index >= 15 is 0 Å². The van der Waals surface area contributed by atoms with Crippen LogP contribution in [-0.2, 0) is 9.05 Å². The quantitative estimate of drug-likeness (QED) is 0.625. The summed E-state index contributed by atoms with van der Waals surface area (Å²) < 4.78 is 27.2. The molecule has 0 N–H and O–H groups in total. The van der Waals surface area contributed by atoms with E-state index in [9.17, 15) is 8.42 Å². The Balaban J connectivity index is 2.45. The highest BCUT2D eigenvalue weighted by Crippen LogP contribution is 2.35. The highest BCUT2D eigenvalue weighted by Gasteiger charge is 2.12. The van der Waals surface area contributed by atoms with Gasteiger partial charge >= 0.3 is 0 Å². The monoisotopic (exact) mass is 378 g/mol. The van der Waals surface area contributed by atoms with Crippen LogP contribution in [-0.4, -0.2) is 20.8 Å². The van der Waals surface area contributed by atoms with Gasteiger partial charge in [-0.15, -0.1) is 0 Å². The van der Waals surface area contributed by atoms with E-state index in [0.29, 0.717) is 40.3 Å². The molecule has 1 atom stereocenters. The molecule has 1 rings (SSSR count). The molecule has 0 aliphatic heterocycles. The number of hydrogen-bond acceptors (Lipinski definition) is 3. The Morgan fingerprint density at radius 2 is 1.70 bits per heavy atom. The maximum absolute atomic E-state index is 10.8. The molecular weight excluding hydrogens is 366 g/mol. The van der Waals surface area contributed by atoms with Crippen molar-refractivity contribution < 1.29 is 13.2 Å². The van der Waals surface area contributed by atoms with Crippen LogP contribution in [0.15, 0.2) is 12.1 Å². The molecule has 0 radical (unpaired) electrons. The first kappa shape index (κ1) is 18.2. The third kappa shape index (κ3) is 6.72. The maximum atomic E-state index is 10.8. The van der Waals surface area contributed by atoms with Crippen LogP contribution < -0.4 is 4.74 Å². The van der Waals surface area contributed by atoms with Crippen molar-refractivity contribution in [2.75, 3.05) is 12.4 Å². The van der Waals surface area contributed by atoms with Gasteiger partial charge in [-0.05, 0) is 30.9 Å².